The van der Waals surface area contributed by atoms with Crippen molar-refractivity contribution in [2.75, 3.05) is 5.32 Å². The van der Waals surface area contributed by atoms with E-state index in [0.29, 0.717) is 17.1 Å². The zero-order chi connectivity index (χ0) is 18.9. The Morgan fingerprint density at radius 3 is 2.27 bits per heavy atom. The fraction of sp³-hybridized carbons (Fsp3) is 0.412. The summed E-state index contributed by atoms with van der Waals surface area (Å²) in [6, 6.07) is 6.18. The molecule has 0 unspecified atom stereocenters. The van der Waals surface area contributed by atoms with Gasteiger partial charge >= 0.3 is 13.7 Å². The Morgan fingerprint density at radius 2 is 1.69 bits per heavy atom. The van der Waals surface area contributed by atoms with E-state index in [2.05, 4.69) is 20.0 Å². The van der Waals surface area contributed by atoms with E-state index in [4.69, 9.17) is 9.31 Å². The van der Waals surface area contributed by atoms with E-state index in [1.807, 2.05) is 27.7 Å². The maximum absolute atomic E-state index is 12.3. The molecule has 1 aliphatic heterocycles. The molecule has 9 heteroatoms. The van der Waals surface area contributed by atoms with Gasteiger partial charge < -0.3 is 19.4 Å². The van der Waals surface area contributed by atoms with Crippen LogP contribution in [0.1, 0.15) is 27.7 Å². The number of alkyl halides is 2. The smallest absolute Gasteiger partial charge is 0.435 e. The third-order valence-corrected chi connectivity index (χ3v) is 4.51. The predicted molar refractivity (Wildman–Crippen MR) is 94.1 cm³/mol. The molecule has 2 aromatic rings. The van der Waals surface area contributed by atoms with Gasteiger partial charge in [0, 0.05) is 29.6 Å². The van der Waals surface area contributed by atoms with Gasteiger partial charge in [-0.15, -0.1) is 0 Å². The van der Waals surface area contributed by atoms with Gasteiger partial charge in [0.1, 0.15) is 5.75 Å². The van der Waals surface area contributed by atoms with Gasteiger partial charge in [0.25, 0.3) is 0 Å². The summed E-state index contributed by atoms with van der Waals surface area (Å²) >= 11 is 0. The third kappa shape index (κ3) is 3.94. The second kappa shape index (κ2) is 6.81. The van der Waals surface area contributed by atoms with Gasteiger partial charge in [-0.3, -0.25) is 0 Å². The van der Waals surface area contributed by atoms with E-state index in [1.54, 1.807) is 24.5 Å². The quantitative estimate of drug-likeness (QED) is 0.824. The number of nitrogens with zero attached hydrogens (tertiary/aromatic N) is 2. The highest BCUT2D eigenvalue weighted by Gasteiger charge is 2.51. The number of halogens is 2. The fourth-order valence-corrected chi connectivity index (χ4v) is 2.38. The van der Waals surface area contributed by atoms with Crippen LogP contribution in [0.4, 0.5) is 20.4 Å². The summed E-state index contributed by atoms with van der Waals surface area (Å²) in [5.41, 5.74) is 0.343. The average Bonchev–Trinajstić information content (AvgIpc) is 2.76. The first-order valence-corrected chi connectivity index (χ1v) is 8.16. The molecule has 26 heavy (non-hydrogen) atoms. The van der Waals surface area contributed by atoms with E-state index in [1.165, 1.54) is 12.1 Å². The molecular weight excluding hydrogens is 343 g/mol. The van der Waals surface area contributed by atoms with Crippen LogP contribution in [0.2, 0.25) is 0 Å². The number of nitrogens with one attached hydrogen (secondary N) is 1. The van der Waals surface area contributed by atoms with Crippen molar-refractivity contribution in [3.63, 3.8) is 0 Å². The van der Waals surface area contributed by atoms with Crippen LogP contribution in [0.15, 0.2) is 36.7 Å². The Morgan fingerprint density at radius 1 is 1.08 bits per heavy atom. The molecule has 1 aromatic heterocycles. The summed E-state index contributed by atoms with van der Waals surface area (Å²) in [6.45, 7) is 5.01. The predicted octanol–water partition coefficient (Wildman–Crippen LogP) is 3.12. The van der Waals surface area contributed by atoms with Crippen LogP contribution < -0.4 is 15.5 Å². The van der Waals surface area contributed by atoms with Crippen LogP contribution in [-0.2, 0) is 9.31 Å². The summed E-state index contributed by atoms with van der Waals surface area (Å²) in [5.74, 6) is 0.373. The van der Waals surface area contributed by atoms with Gasteiger partial charge in [0.2, 0.25) is 5.95 Å². The summed E-state index contributed by atoms with van der Waals surface area (Å²) in [7, 11) is -0.545. The van der Waals surface area contributed by atoms with Crippen molar-refractivity contribution in [3.05, 3.63) is 36.7 Å². The number of aromatic nitrogens is 2. The Hall–Kier alpha value is -2.26. The van der Waals surface area contributed by atoms with Gasteiger partial charge in [-0.1, -0.05) is 6.07 Å². The lowest BCUT2D eigenvalue weighted by molar-refractivity contribution is -0.0498. The number of rotatable bonds is 5. The highest BCUT2D eigenvalue weighted by atomic mass is 19.3. The zero-order valence-corrected chi connectivity index (χ0v) is 15.0. The summed E-state index contributed by atoms with van der Waals surface area (Å²) in [4.78, 5) is 8.47. The van der Waals surface area contributed by atoms with Gasteiger partial charge in [-0.25, -0.2) is 9.97 Å². The minimum Gasteiger partial charge on any atom is -0.435 e. The molecule has 1 saturated heterocycles. The Balaban J connectivity index is 1.69. The molecule has 1 N–H and O–H groups in total. The average molecular weight is 363 g/mol. The van der Waals surface area contributed by atoms with E-state index >= 15 is 0 Å². The molecule has 138 valence electrons. The van der Waals surface area contributed by atoms with Gasteiger partial charge in [-0.2, -0.15) is 8.78 Å². The molecule has 0 radical (unpaired) electrons. The van der Waals surface area contributed by atoms with E-state index in [-0.39, 0.29) is 5.75 Å². The maximum atomic E-state index is 12.3. The van der Waals surface area contributed by atoms with Crippen molar-refractivity contribution in [1.29, 1.82) is 0 Å². The maximum Gasteiger partial charge on any atom is 0.498 e. The van der Waals surface area contributed by atoms with Crippen LogP contribution >= 0.6 is 0 Å². The molecule has 0 saturated carbocycles. The van der Waals surface area contributed by atoms with Crippen molar-refractivity contribution in [1.82, 2.24) is 9.97 Å². The lowest BCUT2D eigenvalue weighted by Gasteiger charge is -2.32. The summed E-state index contributed by atoms with van der Waals surface area (Å²) in [5, 5.41) is 2.94. The lowest BCUT2D eigenvalue weighted by atomic mass is 9.81. The molecule has 1 aromatic carbocycles. The zero-order valence-electron chi connectivity index (χ0n) is 15.0. The standard InChI is InChI=1S/C17H20BF2N3O3/c1-16(2)17(3,4)26-18(25-16)11-9-21-15(22-10-11)23-12-6-5-7-13(8-12)24-14(19)20/h5-10,14H,1-4H3,(H,21,22,23). The van der Waals surface area contributed by atoms with Crippen molar-refractivity contribution in [2.45, 2.75) is 45.5 Å². The molecular formula is C17H20BF2N3O3. The first-order valence-electron chi connectivity index (χ1n) is 8.16. The number of hydrogen-bond acceptors (Lipinski definition) is 6. The first-order chi connectivity index (χ1) is 12.2. The van der Waals surface area contributed by atoms with Crippen molar-refractivity contribution < 1.29 is 22.8 Å². The van der Waals surface area contributed by atoms with Crippen LogP contribution in [0.3, 0.4) is 0 Å². The third-order valence-electron chi connectivity index (χ3n) is 4.51. The van der Waals surface area contributed by atoms with Crippen molar-refractivity contribution >= 4 is 24.2 Å². The number of benzene rings is 1. The molecule has 0 amide bonds. The van der Waals surface area contributed by atoms with Crippen molar-refractivity contribution in [3.8, 4) is 5.75 Å². The molecule has 1 aliphatic rings. The summed E-state index contributed by atoms with van der Waals surface area (Å²) < 4.78 is 40.9. The Labute approximate surface area is 151 Å². The Kier molecular flexibility index (Phi) is 4.85. The van der Waals surface area contributed by atoms with Gasteiger partial charge in [0.05, 0.1) is 11.2 Å². The largest absolute Gasteiger partial charge is 0.498 e. The lowest BCUT2D eigenvalue weighted by Crippen LogP contribution is -2.41. The van der Waals surface area contributed by atoms with Crippen LogP contribution in [0.5, 0.6) is 5.75 Å². The normalized spacial score (nSPS) is 18.2. The number of anilines is 2. The van der Waals surface area contributed by atoms with Gasteiger partial charge in [0.15, 0.2) is 0 Å². The molecule has 0 atom stereocenters. The van der Waals surface area contributed by atoms with Crippen LogP contribution in [0.25, 0.3) is 0 Å². The highest BCUT2D eigenvalue weighted by molar-refractivity contribution is 6.61. The SMILES string of the molecule is CC1(C)OB(c2cnc(Nc3cccc(OC(F)F)c3)nc2)OC1(C)C. The van der Waals surface area contributed by atoms with E-state index < -0.39 is 24.9 Å². The van der Waals surface area contributed by atoms with Crippen molar-refractivity contribution in [2.24, 2.45) is 0 Å². The van der Waals surface area contributed by atoms with Crippen LogP contribution in [-0.4, -0.2) is 34.9 Å². The second-order valence-corrected chi connectivity index (χ2v) is 6.96. The molecule has 0 aliphatic carbocycles. The molecule has 1 fully saturated rings. The van der Waals surface area contributed by atoms with E-state index in [0.717, 1.165) is 0 Å². The fourth-order valence-electron chi connectivity index (χ4n) is 2.38. The van der Waals surface area contributed by atoms with Crippen LogP contribution in [0, 0.1) is 0 Å². The van der Waals surface area contributed by atoms with Gasteiger partial charge in [-0.05, 0) is 39.8 Å². The van der Waals surface area contributed by atoms with E-state index in [9.17, 15) is 8.78 Å². The Bertz CT molecular complexity index is 756. The number of hydrogen-bond donors (Lipinski definition) is 1. The monoisotopic (exact) mass is 363 g/mol. The minimum atomic E-state index is -2.87. The molecule has 0 spiro atoms. The molecule has 2 heterocycles. The molecule has 3 rings (SSSR count). The second-order valence-electron chi connectivity index (χ2n) is 6.96. The molecule has 0 bridgehead atoms. The summed E-state index contributed by atoms with van der Waals surface area (Å²) in [6.07, 6.45) is 3.22. The highest BCUT2D eigenvalue weighted by Crippen LogP contribution is 2.36. The molecule has 6 nitrogen and oxygen atoms in total. The number of ether oxygens (including phenoxy) is 1. The topological polar surface area (TPSA) is 65.5 Å². The minimum absolute atomic E-state index is 0.0545. The first kappa shape index (κ1) is 18.5.